The number of thiophene rings is 1. The third-order valence-electron chi connectivity index (χ3n) is 2.74. The summed E-state index contributed by atoms with van der Waals surface area (Å²) in [4.78, 5) is 12.7. The number of methoxy groups -OCH3 is 1. The Morgan fingerprint density at radius 1 is 1.37 bits per heavy atom. The van der Waals surface area contributed by atoms with E-state index < -0.39 is 0 Å². The van der Waals surface area contributed by atoms with E-state index in [4.69, 9.17) is 4.74 Å². The summed E-state index contributed by atoms with van der Waals surface area (Å²) in [7, 11) is 1.63. The van der Waals surface area contributed by atoms with Gasteiger partial charge in [0.2, 0.25) is 0 Å². The number of hydrogen-bond donors (Lipinski definition) is 1. The zero-order valence-corrected chi connectivity index (χ0v) is 13.0. The first-order valence-corrected chi connectivity index (χ1v) is 7.41. The van der Waals surface area contributed by atoms with E-state index in [0.29, 0.717) is 4.88 Å². The number of rotatable bonds is 4. The number of hydrogen-bond acceptors (Lipinski definition) is 3. The van der Waals surface area contributed by atoms with Gasteiger partial charge in [-0.05, 0) is 52.7 Å². The van der Waals surface area contributed by atoms with Gasteiger partial charge >= 0.3 is 0 Å². The molecule has 0 aliphatic rings. The van der Waals surface area contributed by atoms with Crippen molar-refractivity contribution in [1.82, 2.24) is 5.32 Å². The van der Waals surface area contributed by atoms with Gasteiger partial charge in [0.05, 0.1) is 21.8 Å². The lowest BCUT2D eigenvalue weighted by Gasteiger charge is -2.14. The zero-order valence-electron chi connectivity index (χ0n) is 10.6. The van der Waals surface area contributed by atoms with Crippen LogP contribution in [0.15, 0.2) is 40.2 Å². The van der Waals surface area contributed by atoms with Crippen molar-refractivity contribution in [3.8, 4) is 5.75 Å². The van der Waals surface area contributed by atoms with Gasteiger partial charge in [-0.1, -0.05) is 12.1 Å². The van der Waals surface area contributed by atoms with E-state index in [1.165, 1.54) is 11.3 Å². The molecule has 0 saturated heterocycles. The van der Waals surface area contributed by atoms with E-state index in [-0.39, 0.29) is 11.9 Å². The summed E-state index contributed by atoms with van der Waals surface area (Å²) in [5.41, 5.74) is 1.02. The highest BCUT2D eigenvalue weighted by molar-refractivity contribution is 9.11. The molecule has 0 spiro atoms. The lowest BCUT2D eigenvalue weighted by Crippen LogP contribution is -2.25. The smallest absolute Gasteiger partial charge is 0.261 e. The Morgan fingerprint density at radius 3 is 2.79 bits per heavy atom. The average molecular weight is 340 g/mol. The molecule has 1 atom stereocenters. The van der Waals surface area contributed by atoms with Crippen molar-refractivity contribution in [2.75, 3.05) is 7.11 Å². The second kappa shape index (κ2) is 6.21. The Kier molecular flexibility index (Phi) is 4.61. The standard InChI is InChI=1S/C14H14BrNO2S/c1-9(10-4-3-5-11(8-10)18-2)16-14(17)12-6-7-13(15)19-12/h3-9H,1-2H3,(H,16,17)/t9-/m0/s1. The lowest BCUT2D eigenvalue weighted by atomic mass is 10.1. The van der Waals surface area contributed by atoms with Gasteiger partial charge in [0, 0.05) is 0 Å². The van der Waals surface area contributed by atoms with Crippen LogP contribution in [0.1, 0.15) is 28.2 Å². The number of benzene rings is 1. The van der Waals surface area contributed by atoms with Crippen molar-refractivity contribution >= 4 is 33.2 Å². The summed E-state index contributed by atoms with van der Waals surface area (Å²) in [6.45, 7) is 1.95. The summed E-state index contributed by atoms with van der Waals surface area (Å²) >= 11 is 4.77. The number of carbonyl (C=O) groups excluding carboxylic acids is 1. The molecule has 1 N–H and O–H groups in total. The molecule has 0 fully saturated rings. The summed E-state index contributed by atoms with van der Waals surface area (Å²) in [6, 6.07) is 11.3. The first-order chi connectivity index (χ1) is 9.10. The molecule has 0 aliphatic heterocycles. The number of amides is 1. The van der Waals surface area contributed by atoms with Crippen LogP contribution < -0.4 is 10.1 Å². The molecule has 3 nitrogen and oxygen atoms in total. The van der Waals surface area contributed by atoms with Crippen molar-refractivity contribution in [3.63, 3.8) is 0 Å². The number of halogens is 1. The van der Waals surface area contributed by atoms with Gasteiger partial charge in [0.25, 0.3) is 5.91 Å². The third-order valence-corrected chi connectivity index (χ3v) is 4.36. The van der Waals surface area contributed by atoms with Crippen molar-refractivity contribution in [2.45, 2.75) is 13.0 Å². The maximum absolute atomic E-state index is 12.0. The SMILES string of the molecule is COc1cccc([C@H](C)NC(=O)c2ccc(Br)s2)c1. The van der Waals surface area contributed by atoms with Crippen LogP contribution in [0, 0.1) is 0 Å². The summed E-state index contributed by atoms with van der Waals surface area (Å²) < 4.78 is 6.13. The largest absolute Gasteiger partial charge is 0.497 e. The summed E-state index contributed by atoms with van der Waals surface area (Å²) in [6.07, 6.45) is 0. The van der Waals surface area contributed by atoms with Crippen LogP contribution >= 0.6 is 27.3 Å². The second-order valence-electron chi connectivity index (χ2n) is 4.08. The van der Waals surface area contributed by atoms with Gasteiger partial charge in [-0.3, -0.25) is 4.79 Å². The average Bonchev–Trinajstić information content (AvgIpc) is 2.85. The maximum Gasteiger partial charge on any atom is 0.261 e. The Morgan fingerprint density at radius 2 is 2.16 bits per heavy atom. The molecule has 100 valence electrons. The molecule has 0 saturated carbocycles. The molecule has 2 rings (SSSR count). The second-order valence-corrected chi connectivity index (χ2v) is 6.54. The van der Waals surface area contributed by atoms with Crippen LogP contribution in [0.5, 0.6) is 5.75 Å². The molecule has 1 heterocycles. The van der Waals surface area contributed by atoms with Crippen molar-refractivity contribution in [2.24, 2.45) is 0 Å². The normalized spacial score (nSPS) is 11.9. The van der Waals surface area contributed by atoms with Gasteiger partial charge in [0.15, 0.2) is 0 Å². The topological polar surface area (TPSA) is 38.3 Å². The van der Waals surface area contributed by atoms with E-state index in [1.807, 2.05) is 43.3 Å². The minimum atomic E-state index is -0.0662. The van der Waals surface area contributed by atoms with Gasteiger partial charge in [0.1, 0.15) is 5.75 Å². The molecule has 19 heavy (non-hydrogen) atoms. The number of ether oxygens (including phenoxy) is 1. The highest BCUT2D eigenvalue weighted by Gasteiger charge is 2.13. The fourth-order valence-electron chi connectivity index (χ4n) is 1.70. The van der Waals surface area contributed by atoms with Crippen LogP contribution in [-0.2, 0) is 0 Å². The maximum atomic E-state index is 12.0. The van der Waals surface area contributed by atoms with Gasteiger partial charge in [-0.25, -0.2) is 0 Å². The van der Waals surface area contributed by atoms with E-state index in [1.54, 1.807) is 7.11 Å². The molecular weight excluding hydrogens is 326 g/mol. The molecule has 0 bridgehead atoms. The minimum Gasteiger partial charge on any atom is -0.497 e. The predicted molar refractivity (Wildman–Crippen MR) is 80.9 cm³/mol. The monoisotopic (exact) mass is 339 g/mol. The third kappa shape index (κ3) is 3.58. The van der Waals surface area contributed by atoms with Crippen molar-refractivity contribution in [3.05, 3.63) is 50.6 Å². The van der Waals surface area contributed by atoms with E-state index in [9.17, 15) is 4.79 Å². The summed E-state index contributed by atoms with van der Waals surface area (Å²) in [5.74, 6) is 0.725. The number of carbonyl (C=O) groups is 1. The molecule has 1 aromatic heterocycles. The molecule has 0 aliphatic carbocycles. The van der Waals surface area contributed by atoms with Crippen LogP contribution in [0.25, 0.3) is 0 Å². The van der Waals surface area contributed by atoms with E-state index >= 15 is 0 Å². The molecule has 1 amide bonds. The van der Waals surface area contributed by atoms with Crippen LogP contribution in [0.3, 0.4) is 0 Å². The minimum absolute atomic E-state index is 0.0639. The fourth-order valence-corrected chi connectivity index (χ4v) is 2.99. The van der Waals surface area contributed by atoms with Gasteiger partial charge in [-0.15, -0.1) is 11.3 Å². The fraction of sp³-hybridized carbons (Fsp3) is 0.214. The number of nitrogens with one attached hydrogen (secondary N) is 1. The van der Waals surface area contributed by atoms with Crippen LogP contribution in [0.2, 0.25) is 0 Å². The Balaban J connectivity index is 2.08. The van der Waals surface area contributed by atoms with Crippen LogP contribution in [0.4, 0.5) is 0 Å². The van der Waals surface area contributed by atoms with Gasteiger partial charge in [-0.2, -0.15) is 0 Å². The van der Waals surface area contributed by atoms with Crippen molar-refractivity contribution < 1.29 is 9.53 Å². The first-order valence-electron chi connectivity index (χ1n) is 5.80. The molecule has 1 aromatic carbocycles. The van der Waals surface area contributed by atoms with Crippen LogP contribution in [-0.4, -0.2) is 13.0 Å². The first kappa shape index (κ1) is 14.1. The highest BCUT2D eigenvalue weighted by atomic mass is 79.9. The Bertz CT molecular complexity index is 582. The summed E-state index contributed by atoms with van der Waals surface area (Å²) in [5, 5.41) is 2.97. The van der Waals surface area contributed by atoms with Crippen molar-refractivity contribution in [1.29, 1.82) is 0 Å². The zero-order chi connectivity index (χ0) is 13.8. The molecule has 2 aromatic rings. The molecular formula is C14H14BrNO2S. The lowest BCUT2D eigenvalue weighted by molar-refractivity contribution is 0.0944. The Hall–Kier alpha value is -1.33. The molecule has 5 heteroatoms. The predicted octanol–water partition coefficient (Wildman–Crippen LogP) is 4.01. The van der Waals surface area contributed by atoms with Gasteiger partial charge < -0.3 is 10.1 Å². The highest BCUT2D eigenvalue weighted by Crippen LogP contribution is 2.23. The van der Waals surface area contributed by atoms with E-state index in [2.05, 4.69) is 21.2 Å². The van der Waals surface area contributed by atoms with E-state index in [0.717, 1.165) is 15.1 Å². The quantitative estimate of drug-likeness (QED) is 0.913. The Labute approximate surface area is 124 Å². The molecule has 0 radical (unpaired) electrons. The molecule has 0 unspecified atom stereocenters.